The van der Waals surface area contributed by atoms with Gasteiger partial charge in [-0.15, -0.1) is 0 Å². The molecule has 0 aliphatic carbocycles. The normalized spacial score (nSPS) is 17.8. The van der Waals surface area contributed by atoms with Gasteiger partial charge < -0.3 is 4.90 Å². The van der Waals surface area contributed by atoms with Gasteiger partial charge in [0.2, 0.25) is 0 Å². The lowest BCUT2D eigenvalue weighted by molar-refractivity contribution is 0.378. The van der Waals surface area contributed by atoms with E-state index in [2.05, 4.69) is 43.0 Å². The highest BCUT2D eigenvalue weighted by molar-refractivity contribution is 5.47. The Labute approximate surface area is 99.5 Å². The van der Waals surface area contributed by atoms with Gasteiger partial charge in [-0.05, 0) is 37.8 Å². The maximum absolute atomic E-state index is 2.53. The van der Waals surface area contributed by atoms with Gasteiger partial charge in [0.05, 0.1) is 0 Å². The Hall–Kier alpha value is -0.980. The largest absolute Gasteiger partial charge is 0.372 e. The molecule has 0 aromatic heterocycles. The first kappa shape index (κ1) is 11.5. The Balaban J connectivity index is 1.91. The second kappa shape index (κ2) is 5.38. The van der Waals surface area contributed by atoms with Crippen LogP contribution in [0.4, 0.5) is 5.69 Å². The zero-order valence-electron chi connectivity index (χ0n) is 10.6. The zero-order valence-corrected chi connectivity index (χ0v) is 10.6. The van der Waals surface area contributed by atoms with Gasteiger partial charge in [0, 0.05) is 18.8 Å². The molecule has 1 heteroatoms. The summed E-state index contributed by atoms with van der Waals surface area (Å²) in [6.45, 7) is 6.94. The minimum Gasteiger partial charge on any atom is -0.372 e. The van der Waals surface area contributed by atoms with E-state index in [1.165, 1.54) is 50.0 Å². The predicted octanol–water partition coefficient (Wildman–Crippen LogP) is 4.01. The average Bonchev–Trinajstić information content (AvgIpc) is 2.32. The molecule has 0 radical (unpaired) electrons. The van der Waals surface area contributed by atoms with Gasteiger partial charge in [-0.25, -0.2) is 0 Å². The van der Waals surface area contributed by atoms with Crippen molar-refractivity contribution >= 4 is 5.69 Å². The third-order valence-corrected chi connectivity index (χ3v) is 3.71. The fraction of sp³-hybridized carbons (Fsp3) is 0.600. The minimum atomic E-state index is 0.978. The molecule has 1 aliphatic heterocycles. The molecule has 1 aromatic rings. The van der Waals surface area contributed by atoms with Gasteiger partial charge in [-0.1, -0.05) is 37.5 Å². The van der Waals surface area contributed by atoms with E-state index < -0.39 is 0 Å². The molecular formula is C15H23N. The van der Waals surface area contributed by atoms with Gasteiger partial charge in [0.15, 0.2) is 0 Å². The SMILES string of the molecule is CCCC1CCN(c2ccc(C)cc2)CC1. The predicted molar refractivity (Wildman–Crippen MR) is 71.0 cm³/mol. The summed E-state index contributed by atoms with van der Waals surface area (Å²) in [5.41, 5.74) is 2.75. The van der Waals surface area contributed by atoms with Crippen molar-refractivity contribution in [3.05, 3.63) is 29.8 Å². The Morgan fingerprint density at radius 2 is 1.75 bits per heavy atom. The van der Waals surface area contributed by atoms with Crippen LogP contribution in [0.5, 0.6) is 0 Å². The van der Waals surface area contributed by atoms with Crippen LogP contribution in [0.1, 0.15) is 38.2 Å². The topological polar surface area (TPSA) is 3.24 Å². The van der Waals surface area contributed by atoms with Crippen molar-refractivity contribution in [2.75, 3.05) is 18.0 Å². The Bertz CT molecular complexity index is 307. The van der Waals surface area contributed by atoms with Crippen LogP contribution >= 0.6 is 0 Å². The molecule has 0 N–H and O–H groups in total. The summed E-state index contributed by atoms with van der Waals surface area (Å²) in [6.07, 6.45) is 5.51. The second-order valence-corrected chi connectivity index (χ2v) is 5.05. The molecule has 0 atom stereocenters. The summed E-state index contributed by atoms with van der Waals surface area (Å²) in [5.74, 6) is 0.978. The maximum Gasteiger partial charge on any atom is 0.0366 e. The molecule has 1 saturated heterocycles. The first-order valence-corrected chi connectivity index (χ1v) is 6.61. The molecule has 0 saturated carbocycles. The van der Waals surface area contributed by atoms with Crippen molar-refractivity contribution in [2.24, 2.45) is 5.92 Å². The molecule has 0 amide bonds. The number of anilines is 1. The molecule has 1 aromatic carbocycles. The second-order valence-electron chi connectivity index (χ2n) is 5.05. The molecule has 0 bridgehead atoms. The Morgan fingerprint density at radius 1 is 1.12 bits per heavy atom. The highest BCUT2D eigenvalue weighted by Gasteiger charge is 2.18. The standard InChI is InChI=1S/C15H23N/c1-3-4-14-9-11-16(12-10-14)15-7-5-13(2)6-8-15/h5-8,14H,3-4,9-12H2,1-2H3. The van der Waals surface area contributed by atoms with Crippen LogP contribution in [0.3, 0.4) is 0 Å². The molecule has 1 heterocycles. The average molecular weight is 217 g/mol. The smallest absolute Gasteiger partial charge is 0.0366 e. The molecule has 1 nitrogen and oxygen atoms in total. The van der Waals surface area contributed by atoms with Gasteiger partial charge in [0.1, 0.15) is 0 Å². The summed E-state index contributed by atoms with van der Waals surface area (Å²) >= 11 is 0. The van der Waals surface area contributed by atoms with Crippen LogP contribution in [0.2, 0.25) is 0 Å². The monoisotopic (exact) mass is 217 g/mol. The molecule has 16 heavy (non-hydrogen) atoms. The van der Waals surface area contributed by atoms with E-state index in [0.717, 1.165) is 5.92 Å². The number of nitrogens with zero attached hydrogens (tertiary/aromatic N) is 1. The third kappa shape index (κ3) is 2.78. The molecule has 0 unspecified atom stereocenters. The summed E-state index contributed by atoms with van der Waals surface area (Å²) in [7, 11) is 0. The van der Waals surface area contributed by atoms with Gasteiger partial charge in [-0.3, -0.25) is 0 Å². The van der Waals surface area contributed by atoms with Crippen LogP contribution in [-0.4, -0.2) is 13.1 Å². The van der Waals surface area contributed by atoms with Crippen LogP contribution in [0.25, 0.3) is 0 Å². The highest BCUT2D eigenvalue weighted by Crippen LogP contribution is 2.25. The fourth-order valence-corrected chi connectivity index (χ4v) is 2.64. The number of benzene rings is 1. The van der Waals surface area contributed by atoms with E-state index >= 15 is 0 Å². The zero-order chi connectivity index (χ0) is 11.4. The molecule has 1 fully saturated rings. The van der Waals surface area contributed by atoms with Crippen LogP contribution in [0.15, 0.2) is 24.3 Å². The van der Waals surface area contributed by atoms with E-state index in [-0.39, 0.29) is 0 Å². The van der Waals surface area contributed by atoms with Crippen molar-refractivity contribution in [1.29, 1.82) is 0 Å². The van der Waals surface area contributed by atoms with Gasteiger partial charge >= 0.3 is 0 Å². The summed E-state index contributed by atoms with van der Waals surface area (Å²) in [5, 5.41) is 0. The number of piperidine rings is 1. The van der Waals surface area contributed by atoms with Crippen molar-refractivity contribution in [3.63, 3.8) is 0 Å². The lowest BCUT2D eigenvalue weighted by Gasteiger charge is -2.33. The van der Waals surface area contributed by atoms with Crippen LogP contribution in [-0.2, 0) is 0 Å². The van der Waals surface area contributed by atoms with Crippen molar-refractivity contribution < 1.29 is 0 Å². The fourth-order valence-electron chi connectivity index (χ4n) is 2.64. The highest BCUT2D eigenvalue weighted by atomic mass is 15.1. The number of aryl methyl sites for hydroxylation is 1. The summed E-state index contributed by atoms with van der Waals surface area (Å²) in [6, 6.07) is 8.95. The molecule has 88 valence electrons. The van der Waals surface area contributed by atoms with Crippen molar-refractivity contribution in [3.8, 4) is 0 Å². The molecule has 1 aliphatic rings. The van der Waals surface area contributed by atoms with Crippen molar-refractivity contribution in [1.82, 2.24) is 0 Å². The molecular weight excluding hydrogens is 194 g/mol. The minimum absolute atomic E-state index is 0.978. The third-order valence-electron chi connectivity index (χ3n) is 3.71. The van der Waals surface area contributed by atoms with E-state index in [4.69, 9.17) is 0 Å². The number of rotatable bonds is 3. The summed E-state index contributed by atoms with van der Waals surface area (Å²) in [4.78, 5) is 2.53. The van der Waals surface area contributed by atoms with Gasteiger partial charge in [0.25, 0.3) is 0 Å². The summed E-state index contributed by atoms with van der Waals surface area (Å²) < 4.78 is 0. The lowest BCUT2D eigenvalue weighted by atomic mass is 9.92. The number of hydrogen-bond acceptors (Lipinski definition) is 1. The molecule has 0 spiro atoms. The number of hydrogen-bond donors (Lipinski definition) is 0. The molecule has 2 rings (SSSR count). The maximum atomic E-state index is 2.53. The first-order valence-electron chi connectivity index (χ1n) is 6.61. The first-order chi connectivity index (χ1) is 7.79. The van der Waals surface area contributed by atoms with E-state index in [9.17, 15) is 0 Å². The lowest BCUT2D eigenvalue weighted by Crippen LogP contribution is -2.33. The van der Waals surface area contributed by atoms with Crippen molar-refractivity contribution in [2.45, 2.75) is 39.5 Å². The van der Waals surface area contributed by atoms with E-state index in [0.29, 0.717) is 0 Å². The van der Waals surface area contributed by atoms with Crippen LogP contribution < -0.4 is 4.90 Å². The van der Waals surface area contributed by atoms with Gasteiger partial charge in [-0.2, -0.15) is 0 Å². The van der Waals surface area contributed by atoms with E-state index in [1.807, 2.05) is 0 Å². The Morgan fingerprint density at radius 3 is 2.31 bits per heavy atom. The van der Waals surface area contributed by atoms with E-state index in [1.54, 1.807) is 0 Å². The Kier molecular flexibility index (Phi) is 3.87. The quantitative estimate of drug-likeness (QED) is 0.739. The van der Waals surface area contributed by atoms with Crippen LogP contribution in [0, 0.1) is 12.8 Å².